The highest BCUT2D eigenvalue weighted by Gasteiger charge is 2.45. The summed E-state index contributed by atoms with van der Waals surface area (Å²) in [4.78, 5) is 25.8. The zero-order chi connectivity index (χ0) is 14.9. The van der Waals surface area contributed by atoms with Gasteiger partial charge in [-0.25, -0.2) is 4.79 Å². The number of nitrogens with zero attached hydrogens (tertiary/aromatic N) is 1. The first-order chi connectivity index (χ1) is 9.31. The Morgan fingerprint density at radius 2 is 1.70 bits per heavy atom. The van der Waals surface area contributed by atoms with E-state index in [0.717, 1.165) is 0 Å². The fraction of sp³-hybridized carbons (Fsp3) is 0.857. The van der Waals surface area contributed by atoms with Crippen molar-refractivity contribution >= 4 is 12.1 Å². The maximum atomic E-state index is 12.3. The van der Waals surface area contributed by atoms with E-state index in [9.17, 15) is 9.59 Å². The first-order valence-corrected chi connectivity index (χ1v) is 6.98. The standard InChI is InChI=1S/C14H23NO5/c1-14(2,3)20-13(17)15-10-5-9(12(16)18-4)6-11(15)8-19-7-10/h9-11H,5-8H2,1-4H3/t9?,10-,11+. The number of amides is 1. The van der Waals surface area contributed by atoms with Gasteiger partial charge in [-0.1, -0.05) is 0 Å². The zero-order valence-electron chi connectivity index (χ0n) is 12.5. The van der Waals surface area contributed by atoms with Crippen molar-refractivity contribution in [1.29, 1.82) is 0 Å². The minimum Gasteiger partial charge on any atom is -0.469 e. The maximum absolute atomic E-state index is 12.3. The Bertz CT molecular complexity index is 376. The lowest BCUT2D eigenvalue weighted by Gasteiger charge is -2.47. The normalized spacial score (nSPS) is 29.8. The molecule has 0 aromatic carbocycles. The van der Waals surface area contributed by atoms with Crippen LogP contribution < -0.4 is 0 Å². The molecule has 2 heterocycles. The maximum Gasteiger partial charge on any atom is 0.410 e. The molecule has 3 atom stereocenters. The van der Waals surface area contributed by atoms with Crippen LogP contribution in [0.4, 0.5) is 4.79 Å². The minimum atomic E-state index is -0.522. The van der Waals surface area contributed by atoms with E-state index in [1.165, 1.54) is 7.11 Å². The quantitative estimate of drug-likeness (QED) is 0.684. The van der Waals surface area contributed by atoms with Crippen molar-refractivity contribution in [1.82, 2.24) is 4.90 Å². The van der Waals surface area contributed by atoms with Crippen LogP contribution in [0.5, 0.6) is 0 Å². The van der Waals surface area contributed by atoms with Crippen molar-refractivity contribution in [2.75, 3.05) is 20.3 Å². The Kier molecular flexibility index (Phi) is 4.22. The predicted molar refractivity (Wildman–Crippen MR) is 71.2 cm³/mol. The number of ether oxygens (including phenoxy) is 3. The van der Waals surface area contributed by atoms with Gasteiger partial charge in [-0.15, -0.1) is 0 Å². The number of hydrogen-bond donors (Lipinski definition) is 0. The van der Waals surface area contributed by atoms with Crippen LogP contribution in [0.1, 0.15) is 33.6 Å². The molecule has 2 bridgehead atoms. The van der Waals surface area contributed by atoms with Gasteiger partial charge in [0.25, 0.3) is 0 Å². The van der Waals surface area contributed by atoms with Crippen molar-refractivity contribution in [2.24, 2.45) is 5.92 Å². The molecule has 0 aromatic rings. The average molecular weight is 285 g/mol. The van der Waals surface area contributed by atoms with E-state index < -0.39 is 5.60 Å². The Labute approximate surface area is 119 Å². The van der Waals surface area contributed by atoms with Gasteiger partial charge in [0.15, 0.2) is 0 Å². The summed E-state index contributed by atoms with van der Waals surface area (Å²) in [5.74, 6) is -0.358. The third-order valence-electron chi connectivity index (χ3n) is 3.66. The van der Waals surface area contributed by atoms with Gasteiger partial charge >= 0.3 is 12.1 Å². The monoisotopic (exact) mass is 285 g/mol. The third kappa shape index (κ3) is 3.23. The molecule has 0 N–H and O–H groups in total. The summed E-state index contributed by atoms with van der Waals surface area (Å²) < 4.78 is 15.8. The molecular formula is C14H23NO5. The third-order valence-corrected chi connectivity index (χ3v) is 3.66. The van der Waals surface area contributed by atoms with Gasteiger partial charge in [-0.05, 0) is 33.6 Å². The molecular weight excluding hydrogens is 262 g/mol. The summed E-state index contributed by atoms with van der Waals surface area (Å²) in [6, 6.07) is -0.220. The number of piperidine rings is 1. The molecule has 2 rings (SSSR count). The SMILES string of the molecule is COC(=O)C1C[C@H]2COC[C@@H](C1)N2C(=O)OC(C)(C)C. The van der Waals surface area contributed by atoms with Crippen LogP contribution in [0.15, 0.2) is 0 Å². The largest absolute Gasteiger partial charge is 0.469 e. The Morgan fingerprint density at radius 1 is 1.15 bits per heavy atom. The number of carbonyl (C=O) groups excluding carboxylic acids is 2. The van der Waals surface area contributed by atoms with Crippen LogP contribution in [0.25, 0.3) is 0 Å². The molecule has 1 unspecified atom stereocenters. The van der Waals surface area contributed by atoms with Crippen molar-refractivity contribution in [3.8, 4) is 0 Å². The highest BCUT2D eigenvalue weighted by Crippen LogP contribution is 2.33. The zero-order valence-corrected chi connectivity index (χ0v) is 12.5. The number of esters is 1. The second-order valence-corrected chi connectivity index (χ2v) is 6.42. The van der Waals surface area contributed by atoms with Crippen molar-refractivity contribution in [2.45, 2.75) is 51.3 Å². The van der Waals surface area contributed by atoms with Crippen LogP contribution in [0, 0.1) is 5.92 Å². The van der Waals surface area contributed by atoms with Gasteiger partial charge in [0.05, 0.1) is 38.3 Å². The lowest BCUT2D eigenvalue weighted by Crippen LogP contribution is -2.60. The molecule has 20 heavy (non-hydrogen) atoms. The van der Waals surface area contributed by atoms with E-state index >= 15 is 0 Å². The Balaban J connectivity index is 2.09. The molecule has 6 nitrogen and oxygen atoms in total. The minimum absolute atomic E-state index is 0.110. The average Bonchev–Trinajstić information content (AvgIpc) is 2.34. The summed E-state index contributed by atoms with van der Waals surface area (Å²) in [6.07, 6.45) is 0.823. The fourth-order valence-corrected chi connectivity index (χ4v) is 2.89. The molecule has 0 aliphatic carbocycles. The summed E-state index contributed by atoms with van der Waals surface area (Å²) in [6.45, 7) is 6.43. The first kappa shape index (κ1) is 15.1. The van der Waals surface area contributed by atoms with Crippen molar-refractivity contribution in [3.05, 3.63) is 0 Å². The van der Waals surface area contributed by atoms with E-state index in [-0.39, 0.29) is 30.1 Å². The van der Waals surface area contributed by atoms with E-state index in [1.807, 2.05) is 20.8 Å². The summed E-state index contributed by atoms with van der Waals surface area (Å²) in [7, 11) is 1.40. The Morgan fingerprint density at radius 3 is 2.15 bits per heavy atom. The molecule has 0 radical (unpaired) electrons. The number of hydrogen-bond acceptors (Lipinski definition) is 5. The van der Waals surface area contributed by atoms with Crippen LogP contribution in [0.3, 0.4) is 0 Å². The van der Waals surface area contributed by atoms with Crippen LogP contribution in [0.2, 0.25) is 0 Å². The number of carbonyl (C=O) groups is 2. The molecule has 1 amide bonds. The van der Waals surface area contributed by atoms with Crippen LogP contribution in [-0.2, 0) is 19.0 Å². The van der Waals surface area contributed by atoms with Gasteiger partial charge in [-0.3, -0.25) is 9.69 Å². The van der Waals surface area contributed by atoms with Crippen LogP contribution in [-0.4, -0.2) is 55.0 Å². The summed E-state index contributed by atoms with van der Waals surface area (Å²) >= 11 is 0. The summed E-state index contributed by atoms with van der Waals surface area (Å²) in [5.41, 5.74) is -0.522. The topological polar surface area (TPSA) is 65.1 Å². The van der Waals surface area contributed by atoms with Crippen molar-refractivity contribution < 1.29 is 23.8 Å². The fourth-order valence-electron chi connectivity index (χ4n) is 2.89. The highest BCUT2D eigenvalue weighted by atomic mass is 16.6. The van der Waals surface area contributed by atoms with Crippen LogP contribution >= 0.6 is 0 Å². The van der Waals surface area contributed by atoms with Gasteiger partial charge in [0.2, 0.25) is 0 Å². The van der Waals surface area contributed by atoms with Gasteiger partial charge in [0.1, 0.15) is 5.60 Å². The number of methoxy groups -OCH3 is 1. The van der Waals surface area contributed by atoms with Crippen molar-refractivity contribution in [3.63, 3.8) is 0 Å². The van der Waals surface area contributed by atoms with E-state index in [1.54, 1.807) is 4.90 Å². The molecule has 2 aliphatic heterocycles. The Hall–Kier alpha value is -1.30. The first-order valence-electron chi connectivity index (χ1n) is 6.98. The number of rotatable bonds is 1. The molecule has 114 valence electrons. The molecule has 0 aromatic heterocycles. The number of fused-ring (bicyclic) bond motifs is 2. The molecule has 2 saturated heterocycles. The molecule has 2 aliphatic rings. The lowest BCUT2D eigenvalue weighted by molar-refractivity contribution is -0.153. The van der Waals surface area contributed by atoms with Gasteiger partial charge in [-0.2, -0.15) is 0 Å². The molecule has 6 heteroatoms. The van der Waals surface area contributed by atoms with Gasteiger partial charge in [0, 0.05) is 0 Å². The highest BCUT2D eigenvalue weighted by molar-refractivity contribution is 5.74. The second-order valence-electron chi connectivity index (χ2n) is 6.42. The molecule has 0 saturated carbocycles. The lowest BCUT2D eigenvalue weighted by atomic mass is 9.85. The van der Waals surface area contributed by atoms with E-state index in [4.69, 9.17) is 14.2 Å². The number of morpholine rings is 1. The predicted octanol–water partition coefficient (Wildman–Crippen LogP) is 1.57. The van der Waals surface area contributed by atoms with Gasteiger partial charge < -0.3 is 14.2 Å². The molecule has 0 spiro atoms. The second kappa shape index (κ2) is 5.60. The smallest absolute Gasteiger partial charge is 0.410 e. The molecule has 2 fully saturated rings. The van der Waals surface area contributed by atoms with E-state index in [0.29, 0.717) is 26.1 Å². The summed E-state index contributed by atoms with van der Waals surface area (Å²) in [5, 5.41) is 0. The van der Waals surface area contributed by atoms with E-state index in [2.05, 4.69) is 0 Å².